The molecule has 0 atom stereocenters. The molecule has 0 nitrogen and oxygen atoms in total. The van der Waals surface area contributed by atoms with Crippen LogP contribution in [0.4, 0.5) is 4.39 Å². The lowest BCUT2D eigenvalue weighted by Crippen LogP contribution is -2.13. The van der Waals surface area contributed by atoms with Gasteiger partial charge in [0.05, 0.1) is 0 Å². The fraction of sp³-hybridized carbons (Fsp3) is 0.419. The van der Waals surface area contributed by atoms with Gasteiger partial charge in [-0.15, -0.1) is 0 Å². The normalized spacial score (nSPS) is 18.6. The van der Waals surface area contributed by atoms with Crippen LogP contribution in [0.25, 0.3) is 22.3 Å². The predicted molar refractivity (Wildman–Crippen MR) is 135 cm³/mol. The van der Waals surface area contributed by atoms with Gasteiger partial charge in [-0.1, -0.05) is 100 Å². The van der Waals surface area contributed by atoms with Crippen LogP contribution in [-0.2, 0) is 6.42 Å². The van der Waals surface area contributed by atoms with Gasteiger partial charge in [0, 0.05) is 5.56 Å². The van der Waals surface area contributed by atoms with E-state index >= 15 is 0 Å². The molecule has 3 aromatic rings. The first-order valence-electron chi connectivity index (χ1n) is 12.7. The van der Waals surface area contributed by atoms with Gasteiger partial charge in [0.2, 0.25) is 0 Å². The van der Waals surface area contributed by atoms with Gasteiger partial charge in [-0.2, -0.15) is 0 Å². The molecule has 3 aromatic carbocycles. The van der Waals surface area contributed by atoms with Gasteiger partial charge in [0.25, 0.3) is 0 Å². The van der Waals surface area contributed by atoms with Crippen molar-refractivity contribution in [2.24, 2.45) is 5.92 Å². The average molecular weight is 429 g/mol. The fourth-order valence-corrected chi connectivity index (χ4v) is 5.26. The zero-order valence-corrected chi connectivity index (χ0v) is 19.7. The molecule has 0 radical (unpaired) electrons. The third-order valence-corrected chi connectivity index (χ3v) is 7.42. The lowest BCUT2D eigenvalue weighted by molar-refractivity contribution is 0.303. The molecule has 1 fully saturated rings. The highest BCUT2D eigenvalue weighted by molar-refractivity contribution is 5.71. The van der Waals surface area contributed by atoms with E-state index in [2.05, 4.69) is 62.4 Å². The summed E-state index contributed by atoms with van der Waals surface area (Å²) in [5.41, 5.74) is 6.37. The van der Waals surface area contributed by atoms with Crippen LogP contribution in [0.2, 0.25) is 0 Å². The number of benzene rings is 3. The van der Waals surface area contributed by atoms with Crippen LogP contribution in [0.15, 0.2) is 66.7 Å². The lowest BCUT2D eigenvalue weighted by atomic mass is 9.77. The molecule has 0 spiro atoms. The summed E-state index contributed by atoms with van der Waals surface area (Å²) in [5, 5.41) is 0. The standard InChI is InChI=1S/C31H37F/c1-3-5-6-7-24-10-14-25(15-11-24)26-16-18-28(19-17-26)30-21-20-29(22-31(30)32)27-12-8-23(4-2)9-13-27/h8-9,12-13,16-22,24-25H,3-7,10-11,14-15H2,1-2H3. The van der Waals surface area contributed by atoms with Gasteiger partial charge in [-0.05, 0) is 77.8 Å². The van der Waals surface area contributed by atoms with E-state index in [-0.39, 0.29) is 5.82 Å². The van der Waals surface area contributed by atoms with Gasteiger partial charge in [-0.25, -0.2) is 4.39 Å². The highest BCUT2D eigenvalue weighted by Gasteiger charge is 2.22. The summed E-state index contributed by atoms with van der Waals surface area (Å²) >= 11 is 0. The Hall–Kier alpha value is -2.41. The average Bonchev–Trinajstić information content (AvgIpc) is 2.85. The van der Waals surface area contributed by atoms with Crippen molar-refractivity contribution in [3.63, 3.8) is 0 Å². The van der Waals surface area contributed by atoms with Crippen LogP contribution in [0.3, 0.4) is 0 Å². The van der Waals surface area contributed by atoms with E-state index in [1.165, 1.54) is 62.5 Å². The Bertz CT molecular complexity index is 976. The first-order valence-corrected chi connectivity index (χ1v) is 12.7. The SMILES string of the molecule is CCCCCC1CCC(c2ccc(-c3ccc(-c4ccc(CC)cc4)cc3F)cc2)CC1. The molecule has 0 saturated heterocycles. The number of aryl methyl sites for hydroxylation is 1. The van der Waals surface area contributed by atoms with Crippen molar-refractivity contribution >= 4 is 0 Å². The maximum absolute atomic E-state index is 15.0. The highest BCUT2D eigenvalue weighted by atomic mass is 19.1. The lowest BCUT2D eigenvalue weighted by Gasteiger charge is -2.29. The van der Waals surface area contributed by atoms with E-state index in [0.29, 0.717) is 11.5 Å². The first kappa shape index (κ1) is 22.8. The molecule has 0 unspecified atom stereocenters. The largest absolute Gasteiger partial charge is 0.206 e. The van der Waals surface area contributed by atoms with Crippen molar-refractivity contribution in [1.82, 2.24) is 0 Å². The summed E-state index contributed by atoms with van der Waals surface area (Å²) in [6.45, 7) is 4.43. The number of rotatable bonds is 8. The van der Waals surface area contributed by atoms with Gasteiger partial charge in [0.1, 0.15) is 5.82 Å². The molecule has 0 N–H and O–H groups in total. The quantitative estimate of drug-likeness (QED) is 0.313. The maximum Gasteiger partial charge on any atom is 0.131 e. The molecule has 1 saturated carbocycles. The Kier molecular flexibility index (Phi) is 7.79. The van der Waals surface area contributed by atoms with E-state index < -0.39 is 0 Å². The molecule has 32 heavy (non-hydrogen) atoms. The summed E-state index contributed by atoms with van der Waals surface area (Å²) in [6.07, 6.45) is 11.9. The molecule has 4 rings (SSSR count). The Labute approximate surface area is 193 Å². The molecule has 1 heteroatoms. The van der Waals surface area contributed by atoms with Gasteiger partial charge < -0.3 is 0 Å². The van der Waals surface area contributed by atoms with Crippen molar-refractivity contribution in [3.05, 3.63) is 83.7 Å². The summed E-state index contributed by atoms with van der Waals surface area (Å²) in [7, 11) is 0. The maximum atomic E-state index is 15.0. The molecule has 0 bridgehead atoms. The molecular weight excluding hydrogens is 391 g/mol. The minimum absolute atomic E-state index is 0.151. The second kappa shape index (κ2) is 10.9. The molecule has 1 aliphatic rings. The van der Waals surface area contributed by atoms with Crippen LogP contribution in [0.1, 0.15) is 82.3 Å². The van der Waals surface area contributed by atoms with Gasteiger partial charge >= 0.3 is 0 Å². The number of unbranched alkanes of at least 4 members (excludes halogenated alkanes) is 2. The predicted octanol–water partition coefficient (Wildman–Crippen LogP) is 9.58. The number of halogens is 1. The summed E-state index contributed by atoms with van der Waals surface area (Å²) in [6, 6.07) is 22.7. The molecule has 168 valence electrons. The Morgan fingerprint density at radius 3 is 2.00 bits per heavy atom. The van der Waals surface area contributed by atoms with E-state index in [0.717, 1.165) is 29.0 Å². The fourth-order valence-electron chi connectivity index (χ4n) is 5.26. The van der Waals surface area contributed by atoms with Crippen molar-refractivity contribution in [2.75, 3.05) is 0 Å². The van der Waals surface area contributed by atoms with Crippen LogP contribution in [0, 0.1) is 11.7 Å². The summed E-state index contributed by atoms with van der Waals surface area (Å²) in [5.74, 6) is 1.45. The van der Waals surface area contributed by atoms with Crippen LogP contribution in [0.5, 0.6) is 0 Å². The number of hydrogen-bond acceptors (Lipinski definition) is 0. The van der Waals surface area contributed by atoms with Crippen LogP contribution >= 0.6 is 0 Å². The van der Waals surface area contributed by atoms with E-state index in [1.807, 2.05) is 12.1 Å². The highest BCUT2D eigenvalue weighted by Crippen LogP contribution is 2.38. The minimum Gasteiger partial charge on any atom is -0.206 e. The third-order valence-electron chi connectivity index (χ3n) is 7.42. The molecule has 0 amide bonds. The first-order chi connectivity index (χ1) is 15.7. The van der Waals surface area contributed by atoms with Crippen molar-refractivity contribution in [1.29, 1.82) is 0 Å². The molecule has 1 aliphatic carbocycles. The Morgan fingerprint density at radius 1 is 0.719 bits per heavy atom. The molecule has 0 heterocycles. The Morgan fingerprint density at radius 2 is 1.38 bits per heavy atom. The van der Waals surface area contributed by atoms with Gasteiger partial charge in [0.15, 0.2) is 0 Å². The third kappa shape index (κ3) is 5.49. The number of hydrogen-bond donors (Lipinski definition) is 0. The van der Waals surface area contributed by atoms with E-state index in [1.54, 1.807) is 6.07 Å². The summed E-state index contributed by atoms with van der Waals surface area (Å²) < 4.78 is 15.0. The van der Waals surface area contributed by atoms with Crippen molar-refractivity contribution in [3.8, 4) is 22.3 Å². The zero-order chi connectivity index (χ0) is 22.3. The van der Waals surface area contributed by atoms with E-state index in [4.69, 9.17) is 0 Å². The van der Waals surface area contributed by atoms with Crippen molar-refractivity contribution < 1.29 is 4.39 Å². The van der Waals surface area contributed by atoms with Crippen LogP contribution < -0.4 is 0 Å². The minimum atomic E-state index is -0.151. The monoisotopic (exact) mass is 428 g/mol. The second-order valence-corrected chi connectivity index (χ2v) is 9.58. The van der Waals surface area contributed by atoms with Crippen LogP contribution in [-0.4, -0.2) is 0 Å². The molecule has 0 aliphatic heterocycles. The molecule has 0 aromatic heterocycles. The van der Waals surface area contributed by atoms with E-state index in [9.17, 15) is 4.39 Å². The zero-order valence-electron chi connectivity index (χ0n) is 19.7. The molecular formula is C31H37F. The van der Waals surface area contributed by atoms with Crippen molar-refractivity contribution in [2.45, 2.75) is 77.6 Å². The van der Waals surface area contributed by atoms with Gasteiger partial charge in [-0.3, -0.25) is 0 Å². The topological polar surface area (TPSA) is 0 Å². The second-order valence-electron chi connectivity index (χ2n) is 9.58. The smallest absolute Gasteiger partial charge is 0.131 e. The Balaban J connectivity index is 1.40. The summed E-state index contributed by atoms with van der Waals surface area (Å²) in [4.78, 5) is 0.